The fourth-order valence-corrected chi connectivity index (χ4v) is 6.01. The van der Waals surface area contributed by atoms with Gasteiger partial charge in [0, 0.05) is 31.6 Å². The minimum atomic E-state index is -0.288. The molecule has 3 fully saturated rings. The maximum absolute atomic E-state index is 13.4. The Bertz CT molecular complexity index is 782. The summed E-state index contributed by atoms with van der Waals surface area (Å²) in [5.41, 5.74) is 6.65. The lowest BCUT2D eigenvalue weighted by molar-refractivity contribution is -0.118. The summed E-state index contributed by atoms with van der Waals surface area (Å²) in [6.45, 7) is 2.31. The summed E-state index contributed by atoms with van der Waals surface area (Å²) in [5, 5.41) is 0. The Morgan fingerprint density at radius 3 is 2.35 bits per heavy atom. The van der Waals surface area contributed by atoms with E-state index in [0.29, 0.717) is 25.3 Å². The van der Waals surface area contributed by atoms with Gasteiger partial charge in [-0.1, -0.05) is 36.8 Å². The summed E-state index contributed by atoms with van der Waals surface area (Å²) in [6.07, 6.45) is 8.91. The predicted molar refractivity (Wildman–Crippen MR) is 122 cm³/mol. The van der Waals surface area contributed by atoms with Gasteiger partial charge in [-0.25, -0.2) is 4.79 Å². The van der Waals surface area contributed by atoms with Crippen LogP contribution in [0.1, 0.15) is 63.4 Å². The first-order chi connectivity index (χ1) is 14.9. The molecule has 1 aromatic carbocycles. The summed E-state index contributed by atoms with van der Waals surface area (Å²) in [4.78, 5) is 31.2. The third-order valence-corrected chi connectivity index (χ3v) is 8.25. The van der Waals surface area contributed by atoms with Crippen LogP contribution in [0, 0.1) is 5.92 Å². The SMILES string of the molecule is CN(C)[C@]1(c2ccccc2)CC[C@]2(CC1)CN(CCCC(N)=O)C(=O)N2CC1CCC1. The Hall–Kier alpha value is -2.08. The molecule has 1 aliphatic heterocycles. The van der Waals surface area contributed by atoms with Gasteiger partial charge in [0.1, 0.15) is 0 Å². The molecule has 0 unspecified atom stereocenters. The van der Waals surface area contributed by atoms with E-state index < -0.39 is 0 Å². The lowest BCUT2D eigenvalue weighted by atomic mass is 9.68. The van der Waals surface area contributed by atoms with Crippen molar-refractivity contribution in [3.8, 4) is 0 Å². The quantitative estimate of drug-likeness (QED) is 0.691. The molecule has 2 aliphatic carbocycles. The van der Waals surface area contributed by atoms with Crippen LogP contribution < -0.4 is 5.73 Å². The maximum Gasteiger partial charge on any atom is 0.320 e. The Labute approximate surface area is 186 Å². The van der Waals surface area contributed by atoms with Crippen LogP contribution in [0.15, 0.2) is 30.3 Å². The first-order valence-electron chi connectivity index (χ1n) is 11.9. The molecule has 2 saturated carbocycles. The normalized spacial score (nSPS) is 29.1. The largest absolute Gasteiger partial charge is 0.370 e. The molecular formula is C25H38N4O2. The number of carbonyl (C=O) groups is 2. The average molecular weight is 427 g/mol. The summed E-state index contributed by atoms with van der Waals surface area (Å²) in [6, 6.07) is 11.0. The Kier molecular flexibility index (Phi) is 6.29. The van der Waals surface area contributed by atoms with E-state index in [1.54, 1.807) is 0 Å². The molecule has 1 aromatic rings. The summed E-state index contributed by atoms with van der Waals surface area (Å²) < 4.78 is 0. The molecule has 0 atom stereocenters. The molecule has 3 aliphatic rings. The van der Waals surface area contributed by atoms with E-state index in [4.69, 9.17) is 5.73 Å². The molecular weight excluding hydrogens is 388 g/mol. The van der Waals surface area contributed by atoms with Crippen molar-refractivity contribution >= 4 is 11.9 Å². The van der Waals surface area contributed by atoms with Gasteiger partial charge in [-0.3, -0.25) is 9.69 Å². The topological polar surface area (TPSA) is 69.9 Å². The average Bonchev–Trinajstić information content (AvgIpc) is 2.97. The van der Waals surface area contributed by atoms with Gasteiger partial charge in [-0.2, -0.15) is 0 Å². The van der Waals surface area contributed by atoms with Crippen LogP contribution in [0.2, 0.25) is 0 Å². The zero-order valence-electron chi connectivity index (χ0n) is 19.2. The van der Waals surface area contributed by atoms with E-state index >= 15 is 0 Å². The Balaban J connectivity index is 1.53. The molecule has 4 rings (SSSR count). The number of amides is 3. The number of primary amides is 1. The van der Waals surface area contributed by atoms with E-state index in [2.05, 4.69) is 54.2 Å². The highest BCUT2D eigenvalue weighted by Crippen LogP contribution is 2.49. The highest BCUT2D eigenvalue weighted by atomic mass is 16.2. The molecule has 170 valence electrons. The van der Waals surface area contributed by atoms with Crippen LogP contribution in [0.3, 0.4) is 0 Å². The van der Waals surface area contributed by atoms with E-state index in [1.165, 1.54) is 24.8 Å². The smallest absolute Gasteiger partial charge is 0.320 e. The fourth-order valence-electron chi connectivity index (χ4n) is 6.01. The van der Waals surface area contributed by atoms with Crippen LogP contribution in [-0.4, -0.2) is 65.9 Å². The number of carbonyl (C=O) groups excluding carboxylic acids is 2. The lowest BCUT2D eigenvalue weighted by Gasteiger charge is -2.51. The number of hydrogen-bond acceptors (Lipinski definition) is 3. The Morgan fingerprint density at radius 2 is 1.81 bits per heavy atom. The van der Waals surface area contributed by atoms with Crippen molar-refractivity contribution in [3.05, 3.63) is 35.9 Å². The zero-order valence-corrected chi connectivity index (χ0v) is 19.2. The zero-order chi connectivity index (χ0) is 22.1. The minimum Gasteiger partial charge on any atom is -0.370 e. The molecule has 1 heterocycles. The van der Waals surface area contributed by atoms with Crippen molar-refractivity contribution < 1.29 is 9.59 Å². The molecule has 1 saturated heterocycles. The van der Waals surface area contributed by atoms with Gasteiger partial charge in [-0.05, 0) is 70.5 Å². The maximum atomic E-state index is 13.4. The summed E-state index contributed by atoms with van der Waals surface area (Å²) in [5.74, 6) is 0.366. The molecule has 0 bridgehead atoms. The van der Waals surface area contributed by atoms with E-state index in [9.17, 15) is 9.59 Å². The lowest BCUT2D eigenvalue weighted by Crippen LogP contribution is -2.56. The van der Waals surface area contributed by atoms with Crippen LogP contribution in [0.4, 0.5) is 4.79 Å². The molecule has 6 nitrogen and oxygen atoms in total. The van der Waals surface area contributed by atoms with Gasteiger partial charge in [-0.15, -0.1) is 0 Å². The van der Waals surface area contributed by atoms with Gasteiger partial charge in [0.15, 0.2) is 0 Å². The number of benzene rings is 1. The van der Waals surface area contributed by atoms with Gasteiger partial charge in [0.25, 0.3) is 0 Å². The van der Waals surface area contributed by atoms with Crippen LogP contribution in [0.5, 0.6) is 0 Å². The van der Waals surface area contributed by atoms with Crippen molar-refractivity contribution in [3.63, 3.8) is 0 Å². The molecule has 0 radical (unpaired) electrons. The van der Waals surface area contributed by atoms with Crippen molar-refractivity contribution in [1.82, 2.24) is 14.7 Å². The van der Waals surface area contributed by atoms with Gasteiger partial charge >= 0.3 is 6.03 Å². The van der Waals surface area contributed by atoms with E-state index in [-0.39, 0.29) is 23.0 Å². The van der Waals surface area contributed by atoms with Crippen molar-refractivity contribution in [1.29, 1.82) is 0 Å². The number of urea groups is 1. The first kappa shape index (κ1) is 22.1. The number of nitrogens with zero attached hydrogens (tertiary/aromatic N) is 3. The highest BCUT2D eigenvalue weighted by Gasteiger charge is 2.54. The van der Waals surface area contributed by atoms with Crippen molar-refractivity contribution in [2.45, 2.75) is 68.9 Å². The van der Waals surface area contributed by atoms with Gasteiger partial charge < -0.3 is 15.5 Å². The highest BCUT2D eigenvalue weighted by molar-refractivity contribution is 5.78. The van der Waals surface area contributed by atoms with E-state index in [1.807, 2.05) is 4.90 Å². The fraction of sp³-hybridized carbons (Fsp3) is 0.680. The summed E-state index contributed by atoms with van der Waals surface area (Å²) in [7, 11) is 4.38. The second-order valence-corrected chi connectivity index (χ2v) is 10.2. The van der Waals surface area contributed by atoms with Crippen molar-refractivity contribution in [2.24, 2.45) is 11.7 Å². The minimum absolute atomic E-state index is 0.0249. The Morgan fingerprint density at radius 1 is 1.13 bits per heavy atom. The predicted octanol–water partition coefficient (Wildman–Crippen LogP) is 3.56. The summed E-state index contributed by atoms with van der Waals surface area (Å²) >= 11 is 0. The van der Waals surface area contributed by atoms with Crippen molar-refractivity contribution in [2.75, 3.05) is 33.7 Å². The van der Waals surface area contributed by atoms with Crippen LogP contribution in [-0.2, 0) is 10.3 Å². The molecule has 31 heavy (non-hydrogen) atoms. The van der Waals surface area contributed by atoms with E-state index in [0.717, 1.165) is 38.8 Å². The molecule has 6 heteroatoms. The second-order valence-electron chi connectivity index (χ2n) is 10.2. The standard InChI is InChI=1S/C25H38N4O2/c1-27(2)25(21-10-4-3-5-11-21)15-13-24(14-16-25)19-28(17-7-12-22(26)30)23(31)29(24)18-20-8-6-9-20/h3-5,10-11,20H,6-9,12-19H2,1-2H3,(H2,26,30)/t24-,25+. The van der Waals surface area contributed by atoms with Crippen LogP contribution >= 0.6 is 0 Å². The molecule has 3 amide bonds. The second kappa shape index (κ2) is 8.81. The number of nitrogens with two attached hydrogens (primary N) is 1. The molecule has 1 spiro atoms. The third-order valence-electron chi connectivity index (χ3n) is 8.25. The van der Waals surface area contributed by atoms with Crippen LogP contribution in [0.25, 0.3) is 0 Å². The van der Waals surface area contributed by atoms with Gasteiger partial charge in [0.05, 0.1) is 5.54 Å². The number of hydrogen-bond donors (Lipinski definition) is 1. The molecule has 0 aromatic heterocycles. The third kappa shape index (κ3) is 4.19. The number of rotatable bonds is 8. The first-order valence-corrected chi connectivity index (χ1v) is 11.9. The monoisotopic (exact) mass is 426 g/mol. The molecule has 2 N–H and O–H groups in total. The van der Waals surface area contributed by atoms with Gasteiger partial charge in [0.2, 0.25) is 5.91 Å².